The van der Waals surface area contributed by atoms with Crippen molar-refractivity contribution in [3.63, 3.8) is 0 Å². The van der Waals surface area contributed by atoms with E-state index in [0.717, 1.165) is 0 Å². The molecule has 0 N–H and O–H groups in total. The second kappa shape index (κ2) is 9.38. The highest BCUT2D eigenvalue weighted by Crippen LogP contribution is 2.40. The lowest BCUT2D eigenvalue weighted by Crippen LogP contribution is -2.40. The van der Waals surface area contributed by atoms with Gasteiger partial charge in [0.15, 0.2) is 0 Å². The fourth-order valence-electron chi connectivity index (χ4n) is 2.83. The van der Waals surface area contributed by atoms with Crippen molar-refractivity contribution in [1.82, 2.24) is 0 Å². The van der Waals surface area contributed by atoms with Crippen molar-refractivity contribution in [2.75, 3.05) is 20.8 Å². The SMILES string of the molecule is [CH2-]C(CC(C)(CC([CH2-])(C)C(=O)OCCC(C)(C)C)C(=O)OC)C(=O)OC. The van der Waals surface area contributed by atoms with Gasteiger partial charge in [0.25, 0.3) is 11.9 Å². The fraction of sp³-hybridized carbons (Fsp3) is 0.750. The Bertz CT molecular complexity index is 503. The van der Waals surface area contributed by atoms with E-state index in [2.05, 4.69) is 39.4 Å². The van der Waals surface area contributed by atoms with Crippen LogP contribution < -0.4 is 0 Å². The van der Waals surface area contributed by atoms with Crippen LogP contribution in [-0.4, -0.2) is 38.7 Å². The van der Waals surface area contributed by atoms with Gasteiger partial charge in [-0.05, 0) is 25.2 Å². The van der Waals surface area contributed by atoms with Gasteiger partial charge in [-0.25, -0.2) is 0 Å². The van der Waals surface area contributed by atoms with E-state index in [1.165, 1.54) is 14.2 Å². The molecule has 0 aromatic rings. The molecular weight excluding hydrogens is 336 g/mol. The van der Waals surface area contributed by atoms with E-state index in [9.17, 15) is 14.4 Å². The molecule has 0 fully saturated rings. The third-order valence-corrected chi connectivity index (χ3v) is 4.27. The summed E-state index contributed by atoms with van der Waals surface area (Å²) in [6.07, 6.45) is 0.850. The number of hydrogen-bond donors (Lipinski definition) is 0. The Labute approximate surface area is 157 Å². The van der Waals surface area contributed by atoms with Gasteiger partial charge in [0.2, 0.25) is 0 Å². The Morgan fingerprint density at radius 2 is 1.50 bits per heavy atom. The zero-order valence-corrected chi connectivity index (χ0v) is 17.3. The molecule has 0 amide bonds. The normalized spacial score (nSPS) is 17.4. The number of carbonyl (C=O) groups is 3. The first-order valence-electron chi connectivity index (χ1n) is 8.70. The summed E-state index contributed by atoms with van der Waals surface area (Å²) in [5.74, 6) is -2.32. The number of carbonyl (C=O) groups excluding carboxylic acids is 3. The molecule has 26 heavy (non-hydrogen) atoms. The minimum atomic E-state index is -1.17. The average molecular weight is 370 g/mol. The van der Waals surface area contributed by atoms with Gasteiger partial charge in [0.1, 0.15) is 0 Å². The number of rotatable bonds is 9. The lowest BCUT2D eigenvalue weighted by Gasteiger charge is -2.40. The fourth-order valence-corrected chi connectivity index (χ4v) is 2.83. The van der Waals surface area contributed by atoms with Gasteiger partial charge in [-0.3, -0.25) is 14.4 Å². The largest absolute Gasteiger partial charge is 0.471 e. The van der Waals surface area contributed by atoms with Gasteiger partial charge in [-0.15, -0.1) is 0 Å². The van der Waals surface area contributed by atoms with Gasteiger partial charge in [-0.2, -0.15) is 0 Å². The molecule has 0 radical (unpaired) electrons. The average Bonchev–Trinajstić information content (AvgIpc) is 2.50. The Kier molecular flexibility index (Phi) is 8.80. The van der Waals surface area contributed by atoms with Crippen LogP contribution in [0.2, 0.25) is 0 Å². The maximum Gasteiger partial charge on any atom is 0.311 e. The van der Waals surface area contributed by atoms with Gasteiger partial charge in [0.05, 0.1) is 26.2 Å². The number of methoxy groups -OCH3 is 2. The van der Waals surface area contributed by atoms with Crippen molar-refractivity contribution < 1.29 is 28.6 Å². The minimum absolute atomic E-state index is 0.0417. The van der Waals surface area contributed by atoms with Crippen LogP contribution in [-0.2, 0) is 28.6 Å². The monoisotopic (exact) mass is 370 g/mol. The molecule has 0 aliphatic carbocycles. The second-order valence-corrected chi connectivity index (χ2v) is 8.66. The van der Waals surface area contributed by atoms with Crippen molar-refractivity contribution in [1.29, 1.82) is 0 Å². The summed E-state index contributed by atoms with van der Waals surface area (Å²) in [6.45, 7) is 17.4. The molecule has 0 aliphatic rings. The van der Waals surface area contributed by atoms with Crippen LogP contribution in [0.25, 0.3) is 0 Å². The van der Waals surface area contributed by atoms with Crippen LogP contribution in [0.15, 0.2) is 0 Å². The Hall–Kier alpha value is -1.59. The molecule has 6 nitrogen and oxygen atoms in total. The summed E-state index contributed by atoms with van der Waals surface area (Å²) in [7, 11) is 2.52. The molecule has 0 bridgehead atoms. The Morgan fingerprint density at radius 1 is 0.962 bits per heavy atom. The van der Waals surface area contributed by atoms with Crippen LogP contribution in [0.4, 0.5) is 0 Å². The van der Waals surface area contributed by atoms with Crippen molar-refractivity contribution in [3.8, 4) is 0 Å². The van der Waals surface area contributed by atoms with Crippen LogP contribution in [0, 0.1) is 36.0 Å². The molecular formula is C20H34O6-2. The first kappa shape index (κ1) is 24.4. The van der Waals surface area contributed by atoms with E-state index in [0.29, 0.717) is 6.42 Å². The first-order valence-corrected chi connectivity index (χ1v) is 8.70. The predicted octanol–water partition coefficient (Wildman–Crippen LogP) is 3.39. The molecule has 6 heteroatoms. The molecule has 0 rings (SSSR count). The van der Waals surface area contributed by atoms with Crippen molar-refractivity contribution in [3.05, 3.63) is 13.8 Å². The second-order valence-electron chi connectivity index (χ2n) is 8.66. The lowest BCUT2D eigenvalue weighted by atomic mass is 9.70. The molecule has 0 saturated carbocycles. The minimum Gasteiger partial charge on any atom is -0.471 e. The summed E-state index contributed by atoms with van der Waals surface area (Å²) in [6, 6.07) is 0. The summed E-state index contributed by atoms with van der Waals surface area (Å²) in [4.78, 5) is 36.5. The molecule has 3 unspecified atom stereocenters. The molecule has 0 spiro atoms. The van der Waals surface area contributed by atoms with Gasteiger partial charge < -0.3 is 28.1 Å². The smallest absolute Gasteiger partial charge is 0.311 e. The number of ether oxygens (including phenoxy) is 3. The van der Waals surface area contributed by atoms with Gasteiger partial charge in [0, 0.05) is 0 Å². The van der Waals surface area contributed by atoms with E-state index in [1.54, 1.807) is 13.8 Å². The highest BCUT2D eigenvalue weighted by Gasteiger charge is 2.41. The molecule has 0 heterocycles. The summed E-state index contributed by atoms with van der Waals surface area (Å²) < 4.78 is 14.9. The number of esters is 3. The number of hydrogen-bond acceptors (Lipinski definition) is 6. The van der Waals surface area contributed by atoms with Crippen molar-refractivity contribution >= 4 is 17.9 Å². The topological polar surface area (TPSA) is 78.9 Å². The zero-order valence-electron chi connectivity index (χ0n) is 17.3. The lowest BCUT2D eigenvalue weighted by molar-refractivity contribution is -0.161. The molecule has 0 saturated heterocycles. The first-order chi connectivity index (χ1) is 11.7. The molecule has 0 aromatic heterocycles. The van der Waals surface area contributed by atoms with E-state index in [4.69, 9.17) is 9.47 Å². The summed E-state index contributed by atoms with van der Waals surface area (Å²) in [5, 5.41) is 0. The van der Waals surface area contributed by atoms with Crippen LogP contribution in [0.1, 0.15) is 53.9 Å². The van der Waals surface area contributed by atoms with Crippen molar-refractivity contribution in [2.24, 2.45) is 22.2 Å². The van der Waals surface area contributed by atoms with Gasteiger partial charge >= 0.3 is 5.97 Å². The maximum absolute atomic E-state index is 12.5. The van der Waals surface area contributed by atoms with Crippen molar-refractivity contribution in [2.45, 2.75) is 53.9 Å². The van der Waals surface area contributed by atoms with E-state index < -0.39 is 34.7 Å². The van der Waals surface area contributed by atoms with Gasteiger partial charge in [-0.1, -0.05) is 45.4 Å². The van der Waals surface area contributed by atoms with E-state index >= 15 is 0 Å². The third-order valence-electron chi connectivity index (χ3n) is 4.27. The molecule has 0 aliphatic heterocycles. The molecule has 3 atom stereocenters. The highest BCUT2D eigenvalue weighted by atomic mass is 16.5. The van der Waals surface area contributed by atoms with E-state index in [-0.39, 0.29) is 24.9 Å². The Balaban J connectivity index is 5.20. The molecule has 0 aromatic carbocycles. The maximum atomic E-state index is 12.5. The zero-order chi connectivity index (χ0) is 20.8. The molecule has 152 valence electrons. The van der Waals surface area contributed by atoms with Crippen LogP contribution >= 0.6 is 0 Å². The van der Waals surface area contributed by atoms with Crippen LogP contribution in [0.3, 0.4) is 0 Å². The summed E-state index contributed by atoms with van der Waals surface area (Å²) in [5.41, 5.74) is -2.26. The standard InChI is InChI=1S/C20H34O6/c1-14(15(21)24-8)12-20(7,17(23)25-9)13-19(5,6)16(22)26-11-10-18(2,3)4/h14H,1,5,10-13H2,2-4,6-9H3/q-2. The summed E-state index contributed by atoms with van der Waals surface area (Å²) >= 11 is 0. The third kappa shape index (κ3) is 7.75. The Morgan fingerprint density at radius 3 is 1.92 bits per heavy atom. The predicted molar refractivity (Wildman–Crippen MR) is 98.7 cm³/mol. The highest BCUT2D eigenvalue weighted by molar-refractivity contribution is 5.82. The van der Waals surface area contributed by atoms with E-state index in [1.807, 2.05) is 0 Å². The van der Waals surface area contributed by atoms with Crippen LogP contribution in [0.5, 0.6) is 0 Å². The quantitative estimate of drug-likeness (QED) is 0.352.